The molecule has 0 spiro atoms. The molecular weight excluding hydrogens is 367 g/mol. The Morgan fingerprint density at radius 2 is 2.12 bits per heavy atom. The molecule has 1 amide bonds. The van der Waals surface area contributed by atoms with E-state index in [1.165, 1.54) is 32.1 Å². The summed E-state index contributed by atoms with van der Waals surface area (Å²) >= 11 is 13.1. The Bertz CT molecular complexity index is 714. The second-order valence-electron chi connectivity index (χ2n) is 5.86. The summed E-state index contributed by atoms with van der Waals surface area (Å²) in [5.41, 5.74) is 0.343. The largest absolute Gasteiger partial charge is 0.489 e. The SMILES string of the molecule is O=C(Nc1ncccc1OCC1CCCCC1)c1cc(Cl)sc1Cl. The fraction of sp³-hybridized carbons (Fsp3) is 0.412. The molecule has 0 aromatic carbocycles. The third-order valence-corrected chi connectivity index (χ3v) is 5.59. The van der Waals surface area contributed by atoms with Crippen molar-refractivity contribution < 1.29 is 9.53 Å². The molecule has 1 saturated carbocycles. The van der Waals surface area contributed by atoms with Crippen molar-refractivity contribution in [1.29, 1.82) is 0 Å². The number of pyridine rings is 1. The Morgan fingerprint density at radius 1 is 1.33 bits per heavy atom. The van der Waals surface area contributed by atoms with Crippen molar-refractivity contribution in [1.82, 2.24) is 4.98 Å². The van der Waals surface area contributed by atoms with Crippen molar-refractivity contribution in [3.05, 3.63) is 38.6 Å². The van der Waals surface area contributed by atoms with E-state index in [1.807, 2.05) is 6.07 Å². The average Bonchev–Trinajstić information content (AvgIpc) is 2.93. The van der Waals surface area contributed by atoms with Crippen LogP contribution in [0.2, 0.25) is 8.67 Å². The van der Waals surface area contributed by atoms with E-state index < -0.39 is 0 Å². The lowest BCUT2D eigenvalue weighted by atomic mass is 9.90. The van der Waals surface area contributed by atoms with Crippen molar-refractivity contribution in [3.8, 4) is 5.75 Å². The smallest absolute Gasteiger partial charge is 0.259 e. The van der Waals surface area contributed by atoms with Crippen molar-refractivity contribution in [3.63, 3.8) is 0 Å². The summed E-state index contributed by atoms with van der Waals surface area (Å²) in [4.78, 5) is 16.6. The van der Waals surface area contributed by atoms with Gasteiger partial charge >= 0.3 is 0 Å². The summed E-state index contributed by atoms with van der Waals surface area (Å²) in [5, 5.41) is 2.76. The predicted molar refractivity (Wildman–Crippen MR) is 98.6 cm³/mol. The third-order valence-electron chi connectivity index (χ3n) is 4.10. The van der Waals surface area contributed by atoms with E-state index >= 15 is 0 Å². The molecule has 2 aromatic heterocycles. The molecule has 1 aliphatic carbocycles. The summed E-state index contributed by atoms with van der Waals surface area (Å²) < 4.78 is 6.75. The molecule has 24 heavy (non-hydrogen) atoms. The number of nitrogens with zero attached hydrogens (tertiary/aromatic N) is 1. The molecule has 2 heterocycles. The van der Waals surface area contributed by atoms with Crippen LogP contribution >= 0.6 is 34.5 Å². The second kappa shape index (κ2) is 8.19. The van der Waals surface area contributed by atoms with Crippen molar-refractivity contribution >= 4 is 46.3 Å². The molecule has 0 aliphatic heterocycles. The maximum Gasteiger partial charge on any atom is 0.259 e. The standard InChI is InChI=1S/C17H18Cl2N2O2S/c18-14-9-12(15(19)24-14)17(22)21-16-13(7-4-8-20-16)23-10-11-5-2-1-3-6-11/h4,7-9,11H,1-3,5-6,10H2,(H,20,21,22). The van der Waals surface area contributed by atoms with E-state index in [9.17, 15) is 4.79 Å². The quantitative estimate of drug-likeness (QED) is 0.722. The minimum absolute atomic E-state index is 0.343. The first-order valence-electron chi connectivity index (χ1n) is 7.97. The number of nitrogens with one attached hydrogen (secondary N) is 1. The fourth-order valence-electron chi connectivity index (χ4n) is 2.83. The number of carbonyl (C=O) groups excluding carboxylic acids is 1. The molecule has 1 fully saturated rings. The summed E-state index contributed by atoms with van der Waals surface area (Å²) in [5.74, 6) is 1.21. The Balaban J connectivity index is 1.67. The van der Waals surface area contributed by atoms with Gasteiger partial charge in [0.15, 0.2) is 11.6 Å². The first-order chi connectivity index (χ1) is 11.6. The molecule has 0 radical (unpaired) electrons. The van der Waals surface area contributed by atoms with Crippen LogP contribution in [-0.2, 0) is 0 Å². The number of ether oxygens (including phenoxy) is 1. The van der Waals surface area contributed by atoms with Crippen LogP contribution in [0.15, 0.2) is 24.4 Å². The molecule has 1 aliphatic rings. The minimum atomic E-state index is -0.343. The monoisotopic (exact) mass is 384 g/mol. The van der Waals surface area contributed by atoms with E-state index in [0.29, 0.717) is 38.3 Å². The Kier molecular flexibility index (Phi) is 5.98. The average molecular weight is 385 g/mol. The van der Waals surface area contributed by atoms with Crippen molar-refractivity contribution in [2.75, 3.05) is 11.9 Å². The first kappa shape index (κ1) is 17.5. The normalized spacial score (nSPS) is 15.2. The van der Waals surface area contributed by atoms with Crippen LogP contribution < -0.4 is 10.1 Å². The number of hydrogen-bond acceptors (Lipinski definition) is 4. The van der Waals surface area contributed by atoms with Gasteiger partial charge in [-0.15, -0.1) is 11.3 Å². The topological polar surface area (TPSA) is 51.2 Å². The van der Waals surface area contributed by atoms with Crippen molar-refractivity contribution in [2.24, 2.45) is 5.92 Å². The highest BCUT2D eigenvalue weighted by molar-refractivity contribution is 7.20. The molecular formula is C17H18Cl2N2O2S. The van der Waals surface area contributed by atoms with Gasteiger partial charge in [-0.25, -0.2) is 4.98 Å². The number of aromatic nitrogens is 1. The predicted octanol–water partition coefficient (Wildman–Crippen LogP) is 5.66. The van der Waals surface area contributed by atoms with E-state index in [2.05, 4.69) is 10.3 Å². The molecule has 0 atom stereocenters. The van der Waals surface area contributed by atoms with Gasteiger partial charge in [0.1, 0.15) is 4.34 Å². The van der Waals surface area contributed by atoms with Crippen molar-refractivity contribution in [2.45, 2.75) is 32.1 Å². The molecule has 0 unspecified atom stereocenters. The lowest BCUT2D eigenvalue weighted by Gasteiger charge is -2.22. The van der Waals surface area contributed by atoms with Gasteiger partial charge < -0.3 is 10.1 Å². The zero-order valence-electron chi connectivity index (χ0n) is 13.1. The Labute approximate surface area is 155 Å². The number of thiophene rings is 1. The fourth-order valence-corrected chi connectivity index (χ4v) is 4.29. The van der Waals surface area contributed by atoms with Crippen LogP contribution in [0.4, 0.5) is 5.82 Å². The highest BCUT2D eigenvalue weighted by Crippen LogP contribution is 2.32. The summed E-state index contributed by atoms with van der Waals surface area (Å²) in [7, 11) is 0. The van der Waals surface area contributed by atoms with E-state index in [1.54, 1.807) is 18.3 Å². The van der Waals surface area contributed by atoms with Crippen LogP contribution in [-0.4, -0.2) is 17.5 Å². The van der Waals surface area contributed by atoms with Crippen LogP contribution in [0.25, 0.3) is 0 Å². The van der Waals surface area contributed by atoms with Crippen LogP contribution in [0, 0.1) is 5.92 Å². The van der Waals surface area contributed by atoms with Gasteiger partial charge in [-0.2, -0.15) is 0 Å². The number of rotatable bonds is 5. The van der Waals surface area contributed by atoms with E-state index in [4.69, 9.17) is 27.9 Å². The number of halogens is 2. The van der Waals surface area contributed by atoms with Crippen LogP contribution in [0.3, 0.4) is 0 Å². The number of carbonyl (C=O) groups is 1. The molecule has 0 bridgehead atoms. The van der Waals surface area contributed by atoms with Gasteiger partial charge in [0.2, 0.25) is 0 Å². The number of hydrogen-bond donors (Lipinski definition) is 1. The molecule has 2 aromatic rings. The molecule has 0 saturated heterocycles. The van der Waals surface area contributed by atoms with E-state index in [-0.39, 0.29) is 5.91 Å². The third kappa shape index (κ3) is 4.41. The van der Waals surface area contributed by atoms with Crippen LogP contribution in [0.1, 0.15) is 42.5 Å². The molecule has 7 heteroatoms. The Morgan fingerprint density at radius 3 is 2.83 bits per heavy atom. The molecule has 3 rings (SSSR count). The lowest BCUT2D eigenvalue weighted by molar-refractivity contribution is 0.102. The zero-order valence-corrected chi connectivity index (χ0v) is 15.4. The van der Waals surface area contributed by atoms with Crippen LogP contribution in [0.5, 0.6) is 5.75 Å². The summed E-state index contributed by atoms with van der Waals surface area (Å²) in [6.45, 7) is 0.652. The minimum Gasteiger partial charge on any atom is -0.489 e. The van der Waals surface area contributed by atoms with Gasteiger partial charge in [-0.1, -0.05) is 42.5 Å². The molecule has 128 valence electrons. The van der Waals surface area contributed by atoms with Gasteiger partial charge in [0.05, 0.1) is 16.5 Å². The van der Waals surface area contributed by atoms with Gasteiger partial charge in [0, 0.05) is 6.20 Å². The van der Waals surface area contributed by atoms with Gasteiger partial charge in [-0.05, 0) is 37.0 Å². The summed E-state index contributed by atoms with van der Waals surface area (Å²) in [6, 6.07) is 5.16. The molecule has 4 nitrogen and oxygen atoms in total. The van der Waals surface area contributed by atoms with E-state index in [0.717, 1.165) is 11.3 Å². The highest BCUT2D eigenvalue weighted by Gasteiger charge is 2.18. The highest BCUT2D eigenvalue weighted by atomic mass is 35.5. The number of amides is 1. The van der Waals surface area contributed by atoms with Gasteiger partial charge in [0.25, 0.3) is 5.91 Å². The Hall–Kier alpha value is -1.30. The maximum absolute atomic E-state index is 12.4. The zero-order chi connectivity index (χ0) is 16.9. The first-order valence-corrected chi connectivity index (χ1v) is 9.54. The van der Waals surface area contributed by atoms with Gasteiger partial charge in [-0.3, -0.25) is 4.79 Å². The lowest BCUT2D eigenvalue weighted by Crippen LogP contribution is -2.17. The molecule has 1 N–H and O–H groups in total. The maximum atomic E-state index is 12.4. The number of anilines is 1. The summed E-state index contributed by atoms with van der Waals surface area (Å²) in [6.07, 6.45) is 7.86. The second-order valence-corrected chi connectivity index (χ2v) is 8.14.